The van der Waals surface area contributed by atoms with Crippen LogP contribution in [0.25, 0.3) is 28.0 Å². The molecule has 15 heteroatoms. The number of aliphatic hydroxyl groups excluding tert-OH is 1. The van der Waals surface area contributed by atoms with E-state index in [0.29, 0.717) is 36.7 Å². The standard InChI is InChI=1S/C62H77N9O5S/c1-44-56(47-24-14-11-15-25-47)59-64-52(42-55(71(59)67-44)69-35-33-68(34-36-69)37-38-72)49-28-19-23-46(40-49)22-13-9-7-5-4-6-8-10-18-39-76-51-30-20-29-50(41-51)58(73)53-43-77-61(65-53)54-31-21-32-70(54)62(75)57(48-26-16-12-17-27-48)66-60(74)45(2)63-3/h11,14-15,19-20,23-25,28-30,40-43,45,48,54,57,63,72H,4-10,12,16-18,21,26-27,31-39H2,1-3H3,(H,66,74)/t45-,54-,57-/m0/s1. The SMILES string of the molecule is CN[C@@H](C)C(=O)N[C@H](C(=O)N1CCC[C@H]1c1nc(C(=O)c2cccc(OCCCCCCCCCC#Cc3cccc(-c4cc(N5CCN(CCO)CC5)n5nc(C)c(-c6ccccc6)c5n4)c3)c2)cs1)C1CCCCC1. The van der Waals surface area contributed by atoms with E-state index >= 15 is 0 Å². The van der Waals surface area contributed by atoms with Crippen molar-refractivity contribution in [2.24, 2.45) is 5.92 Å². The Hall–Kier alpha value is -6.44. The van der Waals surface area contributed by atoms with E-state index in [1.807, 2.05) is 34.5 Å². The summed E-state index contributed by atoms with van der Waals surface area (Å²) in [6.45, 7) is 9.37. The number of likely N-dealkylation sites (tertiary alicyclic amines) is 1. The molecule has 1 saturated carbocycles. The molecule has 77 heavy (non-hydrogen) atoms. The lowest BCUT2D eigenvalue weighted by Crippen LogP contribution is -2.55. The minimum Gasteiger partial charge on any atom is -0.494 e. The van der Waals surface area contributed by atoms with Gasteiger partial charge < -0.3 is 30.3 Å². The second-order valence-corrected chi connectivity index (χ2v) is 22.0. The Kier molecular flexibility index (Phi) is 19.6. The van der Waals surface area contributed by atoms with Crippen molar-refractivity contribution in [3.63, 3.8) is 0 Å². The van der Waals surface area contributed by atoms with Crippen LogP contribution in [0.15, 0.2) is 90.3 Å². The monoisotopic (exact) mass is 1060 g/mol. The average molecular weight is 1060 g/mol. The highest BCUT2D eigenvalue weighted by molar-refractivity contribution is 7.10. The van der Waals surface area contributed by atoms with Gasteiger partial charge in [0.05, 0.1) is 36.7 Å². The first kappa shape index (κ1) is 55.3. The van der Waals surface area contributed by atoms with Crippen LogP contribution in [0, 0.1) is 24.7 Å². The van der Waals surface area contributed by atoms with Crippen LogP contribution in [-0.4, -0.2) is 124 Å². The van der Waals surface area contributed by atoms with Crippen molar-refractivity contribution in [3.05, 3.63) is 118 Å². The number of aromatic nitrogens is 4. The summed E-state index contributed by atoms with van der Waals surface area (Å²) in [5, 5.41) is 23.2. The lowest BCUT2D eigenvalue weighted by Gasteiger charge is -2.35. The summed E-state index contributed by atoms with van der Waals surface area (Å²) in [5.74, 6) is 8.31. The zero-order chi connectivity index (χ0) is 53.5. The van der Waals surface area contributed by atoms with Crippen LogP contribution in [0.4, 0.5) is 5.82 Å². The highest BCUT2D eigenvalue weighted by atomic mass is 32.1. The molecule has 3 aliphatic rings. The number of β-amino-alcohol motifs (C(OH)–C–C–N with tert-alkyl or cyclic N) is 1. The van der Waals surface area contributed by atoms with Gasteiger partial charge in [-0.15, -0.1) is 11.3 Å². The normalized spacial score (nSPS) is 17.0. The topological polar surface area (TPSA) is 158 Å². The van der Waals surface area contributed by atoms with Crippen LogP contribution < -0.4 is 20.3 Å². The average Bonchev–Trinajstić information content (AvgIpc) is 4.30. The number of ether oxygens (including phenoxy) is 1. The first-order valence-corrected chi connectivity index (χ1v) is 29.2. The largest absolute Gasteiger partial charge is 0.494 e. The molecule has 6 aromatic rings. The fourth-order valence-corrected chi connectivity index (χ4v) is 12.2. The number of fused-ring (bicyclic) bond motifs is 1. The number of likely N-dealkylation sites (N-methyl/N-ethyl adjacent to an activating group) is 1. The molecule has 3 N–H and O–H groups in total. The smallest absolute Gasteiger partial charge is 0.246 e. The predicted molar refractivity (Wildman–Crippen MR) is 306 cm³/mol. The summed E-state index contributed by atoms with van der Waals surface area (Å²) in [5.41, 5.74) is 7.73. The third-order valence-corrected chi connectivity index (χ3v) is 16.7. The molecule has 2 saturated heterocycles. The fraction of sp³-hybridized carbons (Fsp3) is 0.484. The number of aryl methyl sites for hydroxylation is 1. The Morgan fingerprint density at radius 1 is 0.818 bits per heavy atom. The number of ketones is 1. The van der Waals surface area contributed by atoms with Crippen molar-refractivity contribution in [3.8, 4) is 40.0 Å². The maximum atomic E-state index is 14.2. The maximum Gasteiger partial charge on any atom is 0.246 e. The molecule has 9 rings (SSSR count). The van der Waals surface area contributed by atoms with Crippen LogP contribution in [0.5, 0.6) is 5.75 Å². The number of piperazine rings is 1. The van der Waals surface area contributed by atoms with E-state index < -0.39 is 12.1 Å². The number of amides is 2. The Labute approximate surface area is 459 Å². The number of nitrogens with zero attached hydrogens (tertiary/aromatic N) is 7. The Morgan fingerprint density at radius 3 is 2.35 bits per heavy atom. The Bertz CT molecular complexity index is 2990. The van der Waals surface area contributed by atoms with Gasteiger partial charge in [0.25, 0.3) is 0 Å². The number of aliphatic hydroxyl groups is 1. The van der Waals surface area contributed by atoms with Crippen LogP contribution in [0.3, 0.4) is 0 Å². The van der Waals surface area contributed by atoms with Gasteiger partial charge in [0, 0.05) is 79.4 Å². The van der Waals surface area contributed by atoms with Crippen molar-refractivity contribution >= 4 is 40.4 Å². The second kappa shape index (κ2) is 27.2. The van der Waals surface area contributed by atoms with Gasteiger partial charge in [-0.3, -0.25) is 19.3 Å². The number of benzene rings is 3. The van der Waals surface area contributed by atoms with Crippen LogP contribution in [-0.2, 0) is 9.59 Å². The lowest BCUT2D eigenvalue weighted by atomic mass is 9.83. The van der Waals surface area contributed by atoms with Crippen LogP contribution >= 0.6 is 11.3 Å². The van der Waals surface area contributed by atoms with Gasteiger partial charge in [-0.05, 0) is 95.2 Å². The molecule has 2 aliphatic heterocycles. The molecule has 3 atom stereocenters. The van der Waals surface area contributed by atoms with Crippen LogP contribution in [0.1, 0.15) is 142 Å². The number of carbonyl (C=O) groups excluding carboxylic acids is 3. The van der Waals surface area contributed by atoms with Gasteiger partial charge in [-0.2, -0.15) is 9.61 Å². The van der Waals surface area contributed by atoms with Crippen molar-refractivity contribution < 1.29 is 24.2 Å². The number of nitrogens with one attached hydrogen (secondary N) is 2. The lowest BCUT2D eigenvalue weighted by molar-refractivity contribution is -0.139. The fourth-order valence-electron chi connectivity index (χ4n) is 11.2. The van der Waals surface area contributed by atoms with E-state index in [1.54, 1.807) is 24.6 Å². The van der Waals surface area contributed by atoms with E-state index in [9.17, 15) is 19.5 Å². The van der Waals surface area contributed by atoms with E-state index in [2.05, 4.69) is 93.8 Å². The second-order valence-electron chi connectivity index (χ2n) is 21.1. The Balaban J connectivity index is 0.709. The number of unbranched alkanes of at least 4 members (excludes halogenated alkanes) is 7. The molecule has 0 spiro atoms. The Morgan fingerprint density at radius 2 is 1.57 bits per heavy atom. The maximum absolute atomic E-state index is 14.2. The van der Waals surface area contributed by atoms with Gasteiger partial charge >= 0.3 is 0 Å². The van der Waals surface area contributed by atoms with Gasteiger partial charge in [0.2, 0.25) is 17.6 Å². The van der Waals surface area contributed by atoms with Gasteiger partial charge in [-0.1, -0.05) is 118 Å². The van der Waals surface area contributed by atoms with Crippen molar-refractivity contribution in [1.82, 2.24) is 40.0 Å². The quantitative estimate of drug-likeness (QED) is 0.0319. The molecule has 3 aromatic carbocycles. The zero-order valence-corrected chi connectivity index (χ0v) is 46.2. The highest BCUT2D eigenvalue weighted by Crippen LogP contribution is 2.38. The number of thiazole rings is 1. The van der Waals surface area contributed by atoms with E-state index in [-0.39, 0.29) is 36.2 Å². The number of carbonyl (C=O) groups is 3. The molecule has 0 radical (unpaired) electrons. The summed E-state index contributed by atoms with van der Waals surface area (Å²) in [6.07, 6.45) is 15.4. The summed E-state index contributed by atoms with van der Waals surface area (Å²) >= 11 is 1.43. The van der Waals surface area contributed by atoms with E-state index in [0.717, 1.165) is 160 Å². The number of anilines is 1. The minimum absolute atomic E-state index is 0.0372. The third kappa shape index (κ3) is 14.0. The molecule has 1 aliphatic carbocycles. The first-order chi connectivity index (χ1) is 37.7. The van der Waals surface area contributed by atoms with Crippen molar-refractivity contribution in [1.29, 1.82) is 0 Å². The zero-order valence-electron chi connectivity index (χ0n) is 45.4. The minimum atomic E-state index is -0.564. The molecule has 406 valence electrons. The summed E-state index contributed by atoms with van der Waals surface area (Å²) in [7, 11) is 1.75. The highest BCUT2D eigenvalue weighted by Gasteiger charge is 2.40. The molecule has 3 fully saturated rings. The van der Waals surface area contributed by atoms with Gasteiger partial charge in [0.15, 0.2) is 5.65 Å². The molecule has 5 heterocycles. The van der Waals surface area contributed by atoms with Gasteiger partial charge in [0.1, 0.15) is 28.3 Å². The number of hydrogen-bond acceptors (Lipinski definition) is 12. The summed E-state index contributed by atoms with van der Waals surface area (Å²) < 4.78 is 8.13. The summed E-state index contributed by atoms with van der Waals surface area (Å²) in [6, 6.07) is 27.2. The number of rotatable bonds is 23. The molecule has 0 unspecified atom stereocenters. The van der Waals surface area contributed by atoms with Crippen molar-refractivity contribution in [2.75, 3.05) is 64.4 Å². The third-order valence-electron chi connectivity index (χ3n) is 15.7. The molecular weight excluding hydrogens is 983 g/mol. The molecule has 0 bridgehead atoms. The van der Waals surface area contributed by atoms with Gasteiger partial charge in [-0.25, -0.2) is 9.97 Å². The first-order valence-electron chi connectivity index (χ1n) is 28.3. The predicted octanol–water partition coefficient (Wildman–Crippen LogP) is 10.1. The van der Waals surface area contributed by atoms with E-state index in [1.165, 1.54) is 24.2 Å². The summed E-state index contributed by atoms with van der Waals surface area (Å²) in [4.78, 5) is 57.7. The van der Waals surface area contributed by atoms with Crippen LogP contribution in [0.2, 0.25) is 0 Å². The molecular formula is C62H77N9O5S. The molecule has 2 amide bonds. The number of hydrogen-bond donors (Lipinski definition) is 3. The molecule has 3 aromatic heterocycles. The molecule has 14 nitrogen and oxygen atoms in total. The van der Waals surface area contributed by atoms with Crippen molar-refractivity contribution in [2.45, 2.75) is 128 Å². The van der Waals surface area contributed by atoms with E-state index in [4.69, 9.17) is 19.8 Å².